The lowest BCUT2D eigenvalue weighted by molar-refractivity contribution is 0.122. The maximum absolute atomic E-state index is 9.48. The van der Waals surface area contributed by atoms with Crippen LogP contribution in [0.1, 0.15) is 30.0 Å². The van der Waals surface area contributed by atoms with Crippen LogP contribution in [-0.4, -0.2) is 11.4 Å². The number of fused-ring (bicyclic) bond motifs is 1. The molecule has 3 aromatic rings. The Kier molecular flexibility index (Phi) is 4.50. The molecule has 1 aliphatic rings. The highest BCUT2D eigenvalue weighted by molar-refractivity contribution is 5.86. The molecule has 0 aliphatic carbocycles. The van der Waals surface area contributed by atoms with Gasteiger partial charge in [0.05, 0.1) is 6.07 Å². The van der Waals surface area contributed by atoms with Crippen LogP contribution in [0.4, 0.5) is 0 Å². The van der Waals surface area contributed by atoms with Gasteiger partial charge in [0.15, 0.2) is 0 Å². The monoisotopic (exact) mass is 326 g/mol. The summed E-state index contributed by atoms with van der Waals surface area (Å²) in [6.07, 6.45) is 1.88. The fourth-order valence-corrected chi connectivity index (χ4v) is 4.00. The summed E-state index contributed by atoms with van der Waals surface area (Å²) in [5.41, 5.74) is 2.69. The lowest BCUT2D eigenvalue weighted by atomic mass is 9.85. The van der Waals surface area contributed by atoms with Crippen molar-refractivity contribution in [3.05, 3.63) is 83.9 Å². The molecule has 2 heteroatoms. The number of hydrogen-bond acceptors (Lipinski definition) is 2. The molecule has 1 heterocycles. The van der Waals surface area contributed by atoms with E-state index in [1.807, 2.05) is 0 Å². The summed E-state index contributed by atoms with van der Waals surface area (Å²) in [6, 6.07) is 28.6. The van der Waals surface area contributed by atoms with E-state index >= 15 is 0 Å². The minimum absolute atomic E-state index is 0.149. The van der Waals surface area contributed by atoms with E-state index in [-0.39, 0.29) is 5.92 Å². The minimum Gasteiger partial charge on any atom is -0.292 e. The topological polar surface area (TPSA) is 27.0 Å². The molecule has 0 radical (unpaired) electrons. The van der Waals surface area contributed by atoms with Crippen LogP contribution < -0.4 is 0 Å². The van der Waals surface area contributed by atoms with Crippen LogP contribution in [0.3, 0.4) is 0 Å². The highest BCUT2D eigenvalue weighted by Crippen LogP contribution is 2.38. The van der Waals surface area contributed by atoms with Gasteiger partial charge in [-0.05, 0) is 34.7 Å². The van der Waals surface area contributed by atoms with Crippen molar-refractivity contribution in [2.24, 2.45) is 5.92 Å². The van der Waals surface area contributed by atoms with Gasteiger partial charge in [-0.1, -0.05) is 72.8 Å². The Bertz CT molecular complexity index is 889. The average molecular weight is 326 g/mol. The van der Waals surface area contributed by atoms with Gasteiger partial charge in [0.25, 0.3) is 0 Å². The fourth-order valence-electron chi connectivity index (χ4n) is 4.00. The maximum atomic E-state index is 9.48. The third kappa shape index (κ3) is 3.29. The summed E-state index contributed by atoms with van der Waals surface area (Å²) >= 11 is 0. The molecule has 0 aromatic heterocycles. The van der Waals surface area contributed by atoms with Gasteiger partial charge in [0, 0.05) is 25.0 Å². The zero-order chi connectivity index (χ0) is 17.1. The molecule has 0 spiro atoms. The molecule has 2 nitrogen and oxygen atoms in total. The van der Waals surface area contributed by atoms with Crippen LogP contribution in [0.25, 0.3) is 10.8 Å². The number of rotatable bonds is 3. The Morgan fingerprint density at radius 1 is 0.920 bits per heavy atom. The molecule has 124 valence electrons. The van der Waals surface area contributed by atoms with E-state index in [2.05, 4.69) is 83.8 Å². The van der Waals surface area contributed by atoms with Crippen LogP contribution in [0, 0.1) is 17.2 Å². The first-order valence-corrected chi connectivity index (χ1v) is 9.00. The van der Waals surface area contributed by atoms with Gasteiger partial charge in [0.2, 0.25) is 0 Å². The molecule has 2 unspecified atom stereocenters. The summed E-state index contributed by atoms with van der Waals surface area (Å²) in [5, 5.41) is 12.1. The predicted molar refractivity (Wildman–Crippen MR) is 102 cm³/mol. The predicted octanol–water partition coefficient (Wildman–Crippen LogP) is 5.32. The van der Waals surface area contributed by atoms with E-state index < -0.39 is 0 Å². The van der Waals surface area contributed by atoms with Gasteiger partial charge in [-0.2, -0.15) is 5.26 Å². The van der Waals surface area contributed by atoms with Crippen molar-refractivity contribution in [3.8, 4) is 6.07 Å². The molecule has 0 N–H and O–H groups in total. The van der Waals surface area contributed by atoms with Gasteiger partial charge in [-0.25, -0.2) is 0 Å². The van der Waals surface area contributed by atoms with Gasteiger partial charge in [0.1, 0.15) is 0 Å². The van der Waals surface area contributed by atoms with Gasteiger partial charge < -0.3 is 0 Å². The molecule has 0 amide bonds. The Hall–Kier alpha value is -2.63. The molecule has 4 rings (SSSR count). The van der Waals surface area contributed by atoms with E-state index in [1.165, 1.54) is 21.9 Å². The Labute approximate surface area is 149 Å². The smallest absolute Gasteiger partial charge is 0.0657 e. The van der Waals surface area contributed by atoms with Crippen molar-refractivity contribution in [3.63, 3.8) is 0 Å². The number of nitriles is 1. The van der Waals surface area contributed by atoms with Crippen LogP contribution in [0.5, 0.6) is 0 Å². The second-order valence-corrected chi connectivity index (χ2v) is 6.89. The van der Waals surface area contributed by atoms with Crippen LogP contribution in [-0.2, 0) is 6.54 Å². The molecule has 25 heavy (non-hydrogen) atoms. The number of likely N-dealkylation sites (tertiary alicyclic amines) is 1. The SMILES string of the molecule is N#CC1CCN(Cc2ccccc2)C(c2cccc3ccccc23)C1. The van der Waals surface area contributed by atoms with Crippen LogP contribution in [0.2, 0.25) is 0 Å². The zero-order valence-corrected chi connectivity index (χ0v) is 14.3. The Balaban J connectivity index is 1.72. The maximum Gasteiger partial charge on any atom is 0.0657 e. The summed E-state index contributed by atoms with van der Waals surface area (Å²) in [4.78, 5) is 2.55. The Morgan fingerprint density at radius 3 is 2.52 bits per heavy atom. The largest absolute Gasteiger partial charge is 0.292 e. The lowest BCUT2D eigenvalue weighted by Crippen LogP contribution is -2.36. The molecule has 0 saturated carbocycles. The van der Waals surface area contributed by atoms with E-state index in [0.717, 1.165) is 25.9 Å². The second-order valence-electron chi connectivity index (χ2n) is 6.89. The van der Waals surface area contributed by atoms with E-state index in [1.54, 1.807) is 0 Å². The third-order valence-corrected chi connectivity index (χ3v) is 5.31. The lowest BCUT2D eigenvalue weighted by Gasteiger charge is -2.38. The quantitative estimate of drug-likeness (QED) is 0.651. The summed E-state index contributed by atoms with van der Waals surface area (Å²) in [7, 11) is 0. The van der Waals surface area contributed by atoms with Crippen molar-refractivity contribution in [2.75, 3.05) is 6.54 Å². The van der Waals surface area contributed by atoms with Crippen LogP contribution >= 0.6 is 0 Å². The second kappa shape index (κ2) is 7.09. The van der Waals surface area contributed by atoms with E-state index in [9.17, 15) is 5.26 Å². The molecule has 1 saturated heterocycles. The summed E-state index contributed by atoms with van der Waals surface area (Å²) in [5.74, 6) is 0.149. The normalized spacial score (nSPS) is 21.1. The molecule has 1 aliphatic heterocycles. The van der Waals surface area contributed by atoms with Crippen molar-refractivity contribution >= 4 is 10.8 Å². The van der Waals surface area contributed by atoms with Gasteiger partial charge >= 0.3 is 0 Å². The molecule has 1 fully saturated rings. The van der Waals surface area contributed by atoms with Crippen molar-refractivity contribution in [1.82, 2.24) is 4.90 Å². The summed E-state index contributed by atoms with van der Waals surface area (Å²) in [6.45, 7) is 1.91. The number of benzene rings is 3. The highest BCUT2D eigenvalue weighted by Gasteiger charge is 2.30. The van der Waals surface area contributed by atoms with Crippen LogP contribution in [0.15, 0.2) is 72.8 Å². The number of hydrogen-bond donors (Lipinski definition) is 0. The Morgan fingerprint density at radius 2 is 1.68 bits per heavy atom. The number of piperidine rings is 1. The van der Waals surface area contributed by atoms with Crippen molar-refractivity contribution < 1.29 is 0 Å². The molecule has 2 atom stereocenters. The molecule has 0 bridgehead atoms. The fraction of sp³-hybridized carbons (Fsp3) is 0.261. The molecular formula is C23H22N2. The standard InChI is InChI=1S/C23H22N2/c24-16-19-13-14-25(17-18-7-2-1-3-8-18)23(15-19)22-12-6-10-20-9-4-5-11-21(20)22/h1-12,19,23H,13-15,17H2. The average Bonchev–Trinajstić information content (AvgIpc) is 2.69. The first kappa shape index (κ1) is 15.9. The zero-order valence-electron chi connectivity index (χ0n) is 14.3. The highest BCUT2D eigenvalue weighted by atomic mass is 15.2. The first-order chi connectivity index (χ1) is 12.3. The van der Waals surface area contributed by atoms with Crippen molar-refractivity contribution in [2.45, 2.75) is 25.4 Å². The molecular weight excluding hydrogens is 304 g/mol. The van der Waals surface area contributed by atoms with E-state index in [0.29, 0.717) is 6.04 Å². The van der Waals surface area contributed by atoms with Gasteiger partial charge in [-0.15, -0.1) is 0 Å². The van der Waals surface area contributed by atoms with Crippen molar-refractivity contribution in [1.29, 1.82) is 5.26 Å². The van der Waals surface area contributed by atoms with E-state index in [4.69, 9.17) is 0 Å². The van der Waals surface area contributed by atoms with Gasteiger partial charge in [-0.3, -0.25) is 4.90 Å². The third-order valence-electron chi connectivity index (χ3n) is 5.31. The first-order valence-electron chi connectivity index (χ1n) is 9.00. The number of nitrogens with zero attached hydrogens (tertiary/aromatic N) is 2. The molecule has 3 aromatic carbocycles. The summed E-state index contributed by atoms with van der Waals surface area (Å²) < 4.78 is 0. The minimum atomic E-state index is 0.149.